The van der Waals surface area contributed by atoms with Crippen molar-refractivity contribution in [1.82, 2.24) is 4.98 Å². The molecule has 1 heterocycles. The molecule has 4 heteroatoms. The van der Waals surface area contributed by atoms with Crippen molar-refractivity contribution < 1.29 is 8.78 Å². The Morgan fingerprint density at radius 1 is 1.50 bits per heavy atom. The van der Waals surface area contributed by atoms with E-state index in [1.165, 1.54) is 25.1 Å². The van der Waals surface area contributed by atoms with Crippen molar-refractivity contribution in [2.75, 3.05) is 5.73 Å². The van der Waals surface area contributed by atoms with Crippen molar-refractivity contribution in [3.8, 4) is 0 Å². The summed E-state index contributed by atoms with van der Waals surface area (Å²) >= 11 is 0. The van der Waals surface area contributed by atoms with Crippen molar-refractivity contribution >= 4 is 5.82 Å². The van der Waals surface area contributed by atoms with Gasteiger partial charge in [0.25, 0.3) is 5.92 Å². The van der Waals surface area contributed by atoms with Gasteiger partial charge in [0.1, 0.15) is 11.5 Å². The molecule has 0 amide bonds. The zero-order valence-electron chi connectivity index (χ0n) is 6.72. The molecule has 0 bridgehead atoms. The number of hydrogen-bond acceptors (Lipinski definition) is 2. The number of nitrogens with zero attached hydrogens (tertiary/aromatic N) is 1. The number of alkyl halides is 2. The molecule has 0 aliphatic rings. The Kier molecular flexibility index (Phi) is 2.26. The van der Waals surface area contributed by atoms with Crippen molar-refractivity contribution in [2.24, 2.45) is 0 Å². The van der Waals surface area contributed by atoms with Crippen molar-refractivity contribution in [3.05, 3.63) is 23.9 Å². The molecular formula is C8H10F2N2. The van der Waals surface area contributed by atoms with Crippen LogP contribution in [0.3, 0.4) is 0 Å². The fourth-order valence-corrected chi connectivity index (χ4v) is 0.836. The average Bonchev–Trinajstić information content (AvgIpc) is 2.05. The van der Waals surface area contributed by atoms with Crippen molar-refractivity contribution in [1.29, 1.82) is 0 Å². The Bertz CT molecular complexity index is 274. The number of pyridine rings is 1. The van der Waals surface area contributed by atoms with Gasteiger partial charge in [0.2, 0.25) is 0 Å². The van der Waals surface area contributed by atoms with E-state index >= 15 is 0 Å². The predicted molar refractivity (Wildman–Crippen MR) is 42.8 cm³/mol. The monoisotopic (exact) mass is 172 g/mol. The molecule has 0 aromatic carbocycles. The number of anilines is 1. The third-order valence-electron chi connectivity index (χ3n) is 1.59. The van der Waals surface area contributed by atoms with Gasteiger partial charge in [-0.15, -0.1) is 0 Å². The van der Waals surface area contributed by atoms with Gasteiger partial charge >= 0.3 is 0 Å². The summed E-state index contributed by atoms with van der Waals surface area (Å²) in [5.41, 5.74) is 5.01. The lowest BCUT2D eigenvalue weighted by Crippen LogP contribution is -2.14. The topological polar surface area (TPSA) is 38.9 Å². The molecule has 1 aromatic heterocycles. The lowest BCUT2D eigenvalue weighted by Gasteiger charge is -2.12. The van der Waals surface area contributed by atoms with Crippen molar-refractivity contribution in [2.45, 2.75) is 19.3 Å². The first-order valence-electron chi connectivity index (χ1n) is 3.67. The average molecular weight is 172 g/mol. The van der Waals surface area contributed by atoms with Crippen LogP contribution in [-0.4, -0.2) is 4.98 Å². The molecule has 1 rings (SSSR count). The molecule has 0 saturated heterocycles. The van der Waals surface area contributed by atoms with E-state index in [0.717, 1.165) is 0 Å². The number of nitrogens with two attached hydrogens (primary N) is 1. The Labute approximate surface area is 69.4 Å². The Morgan fingerprint density at radius 3 is 2.67 bits per heavy atom. The smallest absolute Gasteiger partial charge is 0.289 e. The number of hydrogen-bond donors (Lipinski definition) is 1. The number of nitrogen functional groups attached to an aromatic ring is 1. The van der Waals surface area contributed by atoms with Crippen molar-refractivity contribution in [3.63, 3.8) is 0 Å². The van der Waals surface area contributed by atoms with Crippen LogP contribution in [-0.2, 0) is 5.92 Å². The summed E-state index contributed by atoms with van der Waals surface area (Å²) in [6.07, 6.45) is -0.260. The SMILES string of the molecule is CCC(F)(F)c1cccc(N)n1. The Hall–Kier alpha value is -1.19. The van der Waals surface area contributed by atoms with Gasteiger partial charge in [-0.05, 0) is 12.1 Å². The predicted octanol–water partition coefficient (Wildman–Crippen LogP) is 2.17. The van der Waals surface area contributed by atoms with E-state index in [1.54, 1.807) is 0 Å². The van der Waals surface area contributed by atoms with Gasteiger partial charge in [-0.25, -0.2) is 4.98 Å². The normalized spacial score (nSPS) is 11.6. The van der Waals surface area contributed by atoms with Gasteiger partial charge in [-0.2, -0.15) is 8.78 Å². The van der Waals surface area contributed by atoms with Gasteiger partial charge in [0, 0.05) is 6.42 Å². The highest BCUT2D eigenvalue weighted by Crippen LogP contribution is 2.29. The molecule has 0 fully saturated rings. The first-order valence-corrected chi connectivity index (χ1v) is 3.67. The molecule has 0 saturated carbocycles. The molecule has 0 aliphatic carbocycles. The zero-order chi connectivity index (χ0) is 9.19. The quantitative estimate of drug-likeness (QED) is 0.742. The summed E-state index contributed by atoms with van der Waals surface area (Å²) < 4.78 is 25.9. The minimum Gasteiger partial charge on any atom is -0.384 e. The lowest BCUT2D eigenvalue weighted by molar-refractivity contribution is -0.0126. The molecule has 2 N–H and O–H groups in total. The first kappa shape index (κ1) is 8.90. The molecular weight excluding hydrogens is 162 g/mol. The van der Waals surface area contributed by atoms with Crippen LogP contribution in [0, 0.1) is 0 Å². The van der Waals surface area contributed by atoms with Gasteiger partial charge in [-0.3, -0.25) is 0 Å². The maximum atomic E-state index is 12.9. The lowest BCUT2D eigenvalue weighted by atomic mass is 10.2. The second-order valence-electron chi connectivity index (χ2n) is 2.51. The van der Waals surface area contributed by atoms with E-state index in [9.17, 15) is 8.78 Å². The number of rotatable bonds is 2. The van der Waals surface area contributed by atoms with Gasteiger partial charge in [-0.1, -0.05) is 13.0 Å². The molecule has 0 aliphatic heterocycles. The summed E-state index contributed by atoms with van der Waals surface area (Å²) in [5.74, 6) is -2.74. The van der Waals surface area contributed by atoms with E-state index in [-0.39, 0.29) is 17.9 Å². The van der Waals surface area contributed by atoms with Gasteiger partial charge in [0.05, 0.1) is 0 Å². The molecule has 0 atom stereocenters. The molecule has 0 spiro atoms. The van der Waals surface area contributed by atoms with E-state index in [4.69, 9.17) is 5.73 Å². The molecule has 12 heavy (non-hydrogen) atoms. The first-order chi connectivity index (χ1) is 5.56. The molecule has 2 nitrogen and oxygen atoms in total. The fraction of sp³-hybridized carbons (Fsp3) is 0.375. The summed E-state index contributed by atoms with van der Waals surface area (Å²) in [6.45, 7) is 1.41. The van der Waals surface area contributed by atoms with Crippen LogP contribution in [0.4, 0.5) is 14.6 Å². The van der Waals surface area contributed by atoms with Crippen LogP contribution in [0.1, 0.15) is 19.0 Å². The van der Waals surface area contributed by atoms with Crippen LogP contribution in [0.2, 0.25) is 0 Å². The van der Waals surface area contributed by atoms with E-state index in [1.807, 2.05) is 0 Å². The minimum atomic E-state index is -2.87. The number of halogens is 2. The third kappa shape index (κ3) is 1.69. The maximum Gasteiger partial charge on any atom is 0.289 e. The molecule has 1 aromatic rings. The fourth-order valence-electron chi connectivity index (χ4n) is 0.836. The van der Waals surface area contributed by atoms with Crippen LogP contribution in [0.15, 0.2) is 18.2 Å². The van der Waals surface area contributed by atoms with E-state index < -0.39 is 5.92 Å². The molecule has 0 radical (unpaired) electrons. The Balaban J connectivity index is 3.03. The van der Waals surface area contributed by atoms with Gasteiger partial charge in [0.15, 0.2) is 0 Å². The van der Waals surface area contributed by atoms with Crippen LogP contribution in [0.25, 0.3) is 0 Å². The minimum absolute atomic E-state index is 0.126. The number of aromatic nitrogens is 1. The second-order valence-corrected chi connectivity index (χ2v) is 2.51. The Morgan fingerprint density at radius 2 is 2.17 bits per heavy atom. The summed E-state index contributed by atoms with van der Waals surface area (Å²) in [4.78, 5) is 3.54. The highest BCUT2D eigenvalue weighted by atomic mass is 19.3. The molecule has 0 unspecified atom stereocenters. The van der Waals surface area contributed by atoms with E-state index in [0.29, 0.717) is 0 Å². The highest BCUT2D eigenvalue weighted by molar-refractivity contribution is 5.30. The van der Waals surface area contributed by atoms with Crippen LogP contribution < -0.4 is 5.73 Å². The summed E-state index contributed by atoms with van der Waals surface area (Å²) in [5, 5.41) is 0. The highest BCUT2D eigenvalue weighted by Gasteiger charge is 2.30. The summed E-state index contributed by atoms with van der Waals surface area (Å²) in [6, 6.07) is 4.23. The third-order valence-corrected chi connectivity index (χ3v) is 1.59. The van der Waals surface area contributed by atoms with Crippen LogP contribution in [0.5, 0.6) is 0 Å². The van der Waals surface area contributed by atoms with E-state index in [2.05, 4.69) is 4.98 Å². The maximum absolute atomic E-state index is 12.9. The largest absolute Gasteiger partial charge is 0.384 e. The molecule has 66 valence electrons. The standard InChI is InChI=1S/C8H10F2N2/c1-2-8(9,10)6-4-3-5-7(11)12-6/h3-5H,2H2,1H3,(H2,11,12). The van der Waals surface area contributed by atoms with Crippen LogP contribution >= 0.6 is 0 Å². The zero-order valence-corrected chi connectivity index (χ0v) is 6.72. The summed E-state index contributed by atoms with van der Waals surface area (Å²) in [7, 11) is 0. The second kappa shape index (κ2) is 3.05. The van der Waals surface area contributed by atoms with Gasteiger partial charge < -0.3 is 5.73 Å².